The van der Waals surface area contributed by atoms with Gasteiger partial charge in [0, 0.05) is 0 Å². The van der Waals surface area contributed by atoms with Crippen molar-refractivity contribution in [1.29, 1.82) is 0 Å². The summed E-state index contributed by atoms with van der Waals surface area (Å²) in [4.78, 5) is 24.8. The number of carbonyl (C=O) groups is 2. The summed E-state index contributed by atoms with van der Waals surface area (Å²) in [5.41, 5.74) is 1.57. The first-order valence-corrected chi connectivity index (χ1v) is 12.9. The maximum atomic E-state index is 11.9. The zero-order valence-electron chi connectivity index (χ0n) is 19.1. The third kappa shape index (κ3) is 6.38. The second-order valence-corrected chi connectivity index (χ2v) is 10.7. The van der Waals surface area contributed by atoms with E-state index in [2.05, 4.69) is 10.6 Å². The van der Waals surface area contributed by atoms with Gasteiger partial charge >= 0.3 is 0 Å². The number of rotatable bonds is 9. The van der Waals surface area contributed by atoms with Crippen LogP contribution in [0.15, 0.2) is 46.2 Å². The molecule has 2 amide bonds. The summed E-state index contributed by atoms with van der Waals surface area (Å²) < 4.78 is 23.4. The third-order valence-electron chi connectivity index (χ3n) is 4.85. The summed E-state index contributed by atoms with van der Waals surface area (Å²) in [6, 6.07) is 10.8. The number of thioether (sulfide) groups is 2. The van der Waals surface area contributed by atoms with Gasteiger partial charge in [0.1, 0.15) is 21.9 Å². The molecular weight excluding hydrogens is 541 g/mol. The maximum absolute atomic E-state index is 11.9. The molecule has 8 nitrogen and oxygen atoms in total. The molecule has 2 N–H and O–H groups in total. The number of carbonyl (C=O) groups excluding carboxylic acids is 2. The average Bonchev–Trinajstić information content (AvgIpc) is 3.35. The van der Waals surface area contributed by atoms with E-state index in [1.807, 2.05) is 12.1 Å². The number of ether oxygens (including phenoxy) is 4. The highest BCUT2D eigenvalue weighted by Gasteiger charge is 2.23. The number of thiocarbonyl (C=S) groups is 2. The van der Waals surface area contributed by atoms with Gasteiger partial charge in [-0.25, -0.2) is 0 Å². The van der Waals surface area contributed by atoms with E-state index in [-0.39, 0.29) is 25.0 Å². The van der Waals surface area contributed by atoms with Gasteiger partial charge < -0.3 is 29.6 Å². The Balaban J connectivity index is 1.35. The largest absolute Gasteiger partial charge is 0.493 e. The predicted octanol–water partition coefficient (Wildman–Crippen LogP) is 4.14. The molecule has 0 aliphatic carbocycles. The van der Waals surface area contributed by atoms with Crippen LogP contribution in [-0.4, -0.2) is 47.9 Å². The summed E-state index contributed by atoms with van der Waals surface area (Å²) in [5.74, 6) is 1.71. The molecule has 0 aromatic heterocycles. The van der Waals surface area contributed by atoms with Crippen LogP contribution in [0.5, 0.6) is 23.0 Å². The number of methoxy groups -OCH3 is 2. The molecule has 4 rings (SSSR count). The second kappa shape index (κ2) is 11.8. The second-order valence-electron chi connectivity index (χ2n) is 7.22. The van der Waals surface area contributed by atoms with E-state index in [4.69, 9.17) is 43.4 Å². The quantitative estimate of drug-likeness (QED) is 0.265. The van der Waals surface area contributed by atoms with Gasteiger partial charge in [-0.3, -0.25) is 9.59 Å². The smallest absolute Gasteiger partial charge is 0.263 e. The molecule has 0 bridgehead atoms. The van der Waals surface area contributed by atoms with Gasteiger partial charge in [0.2, 0.25) is 0 Å². The molecule has 0 spiro atoms. The molecule has 2 aliphatic heterocycles. The van der Waals surface area contributed by atoms with Gasteiger partial charge in [-0.15, -0.1) is 0 Å². The lowest BCUT2D eigenvalue weighted by atomic mass is 10.2. The highest BCUT2D eigenvalue weighted by Crippen LogP contribution is 2.33. The van der Waals surface area contributed by atoms with Crippen LogP contribution in [0.4, 0.5) is 0 Å². The Morgan fingerprint density at radius 2 is 1.14 bits per heavy atom. The van der Waals surface area contributed by atoms with E-state index < -0.39 is 0 Å². The molecule has 36 heavy (non-hydrogen) atoms. The minimum absolute atomic E-state index is 0.214. The van der Waals surface area contributed by atoms with Crippen LogP contribution < -0.4 is 29.6 Å². The van der Waals surface area contributed by atoms with E-state index in [1.54, 1.807) is 50.6 Å². The van der Waals surface area contributed by atoms with E-state index in [1.165, 1.54) is 23.5 Å². The fraction of sp³-hybridized carbons (Fsp3) is 0.167. The zero-order valence-corrected chi connectivity index (χ0v) is 22.4. The maximum Gasteiger partial charge on any atom is 0.263 e. The van der Waals surface area contributed by atoms with Crippen molar-refractivity contribution in [3.05, 3.63) is 57.3 Å². The van der Waals surface area contributed by atoms with Gasteiger partial charge in [-0.1, -0.05) is 60.1 Å². The first kappa shape index (κ1) is 26.0. The molecule has 2 aliphatic rings. The minimum Gasteiger partial charge on any atom is -0.493 e. The van der Waals surface area contributed by atoms with Crippen molar-refractivity contribution in [2.45, 2.75) is 0 Å². The third-order valence-corrected chi connectivity index (χ3v) is 7.18. The summed E-state index contributed by atoms with van der Waals surface area (Å²) >= 11 is 12.5. The van der Waals surface area contributed by atoms with Gasteiger partial charge in [0.25, 0.3) is 11.8 Å². The molecule has 0 unspecified atom stereocenters. The van der Waals surface area contributed by atoms with Crippen LogP contribution in [0, 0.1) is 0 Å². The molecule has 0 atom stereocenters. The van der Waals surface area contributed by atoms with Crippen molar-refractivity contribution in [1.82, 2.24) is 10.6 Å². The summed E-state index contributed by atoms with van der Waals surface area (Å²) in [7, 11) is 3.09. The first-order valence-electron chi connectivity index (χ1n) is 10.5. The fourth-order valence-corrected chi connectivity index (χ4v) is 5.32. The lowest BCUT2D eigenvalue weighted by molar-refractivity contribution is -0.116. The van der Waals surface area contributed by atoms with Crippen LogP contribution in [0.25, 0.3) is 12.2 Å². The molecule has 2 heterocycles. The highest BCUT2D eigenvalue weighted by atomic mass is 32.2. The monoisotopic (exact) mass is 560 g/mol. The Kier molecular flexibility index (Phi) is 8.52. The van der Waals surface area contributed by atoms with Crippen LogP contribution in [-0.2, 0) is 9.59 Å². The van der Waals surface area contributed by atoms with Crippen LogP contribution in [0.3, 0.4) is 0 Å². The number of nitrogens with one attached hydrogen (secondary N) is 2. The number of amides is 2. The van der Waals surface area contributed by atoms with Crippen LogP contribution >= 0.6 is 48.0 Å². The fourth-order valence-electron chi connectivity index (χ4n) is 3.23. The Morgan fingerprint density at radius 3 is 1.47 bits per heavy atom. The van der Waals surface area contributed by atoms with Crippen LogP contribution in [0.1, 0.15) is 11.1 Å². The molecule has 2 fully saturated rings. The van der Waals surface area contributed by atoms with Gasteiger partial charge in [0.05, 0.1) is 24.0 Å². The van der Waals surface area contributed by atoms with Crippen molar-refractivity contribution < 1.29 is 28.5 Å². The lowest BCUT2D eigenvalue weighted by Crippen LogP contribution is -2.17. The topological polar surface area (TPSA) is 95.1 Å². The Morgan fingerprint density at radius 1 is 0.722 bits per heavy atom. The Hall–Kier alpha value is -3.06. The summed E-state index contributed by atoms with van der Waals surface area (Å²) in [6.07, 6.45) is 3.49. The molecule has 2 saturated heterocycles. The standard InChI is InChI=1S/C24H20N2O6S4/c1-29-17-9-13(11-19-21(27)25-23(33)35-19)3-5-15(17)31-7-8-32-16-6-4-14(10-18(16)30-2)12-20-22(28)26-24(34)36-20/h3-6,9-12H,7-8H2,1-2H3,(H,25,27,33)(H,26,28,34)/b19-11-,20-12-. The van der Waals surface area contributed by atoms with Crippen molar-refractivity contribution in [2.24, 2.45) is 0 Å². The first-order chi connectivity index (χ1) is 17.4. The zero-order chi connectivity index (χ0) is 25.7. The summed E-state index contributed by atoms with van der Waals surface area (Å²) in [5, 5.41) is 5.18. The van der Waals surface area contributed by atoms with E-state index in [9.17, 15) is 9.59 Å². The highest BCUT2D eigenvalue weighted by molar-refractivity contribution is 8.27. The molecule has 0 radical (unpaired) electrons. The molecule has 0 saturated carbocycles. The molecule has 12 heteroatoms. The van der Waals surface area contributed by atoms with Gasteiger partial charge in [0.15, 0.2) is 23.0 Å². The lowest BCUT2D eigenvalue weighted by Gasteiger charge is -2.14. The SMILES string of the molecule is COc1cc(/C=C2\SC(=S)NC2=O)ccc1OCCOc1ccc(/C=C2\SC(=S)NC2=O)cc1OC. The van der Waals surface area contributed by atoms with Crippen molar-refractivity contribution >= 4 is 80.6 Å². The molecule has 186 valence electrons. The number of hydrogen-bond donors (Lipinski definition) is 2. The average molecular weight is 561 g/mol. The Bertz CT molecular complexity index is 1210. The van der Waals surface area contributed by atoms with Gasteiger partial charge in [-0.05, 0) is 47.5 Å². The van der Waals surface area contributed by atoms with Crippen molar-refractivity contribution in [3.63, 3.8) is 0 Å². The van der Waals surface area contributed by atoms with E-state index in [0.717, 1.165) is 11.1 Å². The minimum atomic E-state index is -0.214. The predicted molar refractivity (Wildman–Crippen MR) is 150 cm³/mol. The van der Waals surface area contributed by atoms with Crippen LogP contribution in [0.2, 0.25) is 0 Å². The molecular formula is C24H20N2O6S4. The molecule has 2 aromatic carbocycles. The van der Waals surface area contributed by atoms with E-state index >= 15 is 0 Å². The van der Waals surface area contributed by atoms with E-state index in [0.29, 0.717) is 41.4 Å². The normalized spacial score (nSPS) is 17.4. The van der Waals surface area contributed by atoms with Crippen molar-refractivity contribution in [3.8, 4) is 23.0 Å². The summed E-state index contributed by atoms with van der Waals surface area (Å²) in [6.45, 7) is 0.513. The molecule has 2 aromatic rings. The Labute approximate surface area is 226 Å². The van der Waals surface area contributed by atoms with Crippen molar-refractivity contribution in [2.75, 3.05) is 27.4 Å². The number of hydrogen-bond acceptors (Lipinski definition) is 10. The van der Waals surface area contributed by atoms with Gasteiger partial charge in [-0.2, -0.15) is 0 Å². The number of benzene rings is 2.